The Hall–Kier alpha value is -4.16. The molecule has 6 heteroatoms. The highest BCUT2D eigenvalue weighted by molar-refractivity contribution is 5.95. The van der Waals surface area contributed by atoms with E-state index in [2.05, 4.69) is 111 Å². The molecule has 1 N–H and O–H groups in total. The molecule has 1 unspecified atom stereocenters. The number of benzene rings is 3. The number of unbranched alkanes of at least 4 members (excludes halogenated alkanes) is 1. The van der Waals surface area contributed by atoms with Crippen LogP contribution in [0, 0.1) is 19.8 Å². The fourth-order valence-corrected chi connectivity index (χ4v) is 9.09. The molecule has 3 aromatic carbocycles. The van der Waals surface area contributed by atoms with Gasteiger partial charge in [-0.2, -0.15) is 0 Å². The number of allylic oxidation sites excluding steroid dienone is 4. The SMILES string of the molecule is CC(=O)Oc1c(C(C)(C)/C=C(\C)CC(C)C)c(C)c(C(O)CCCCc2c(C)c(C(C)(C)/C=C(\C)N(C)C)c(OC(C)=O)c3ccccc23)c2c1=CCCC=2. The van der Waals surface area contributed by atoms with Crippen molar-refractivity contribution in [2.24, 2.45) is 5.92 Å². The quantitative estimate of drug-likeness (QED) is 0.0722. The average Bonchev–Trinajstić information content (AvgIpc) is 3.06. The standard InChI is InChI=1S/C49H67NO5/c1-30(2)27-31(3)28-48(9,10)45-34(6)43(39-23-16-18-25-41(39)47(45)55-36(8)52)42(53)26-20-19-21-37-33(5)44(49(11,12)29-32(4)50(13)14)46(54-35(7)51)40-24-17-15-22-38(37)40/h15,17,22-25,28-30,42,53H,16,18-21,26-27H2,1-14H3/b31-28+,32-29+. The highest BCUT2D eigenvalue weighted by Gasteiger charge is 2.32. The van der Waals surface area contributed by atoms with Crippen LogP contribution in [-0.4, -0.2) is 36.0 Å². The summed E-state index contributed by atoms with van der Waals surface area (Å²) in [6, 6.07) is 8.24. The summed E-state index contributed by atoms with van der Waals surface area (Å²) in [6.45, 7) is 24.7. The molecule has 0 spiro atoms. The first-order valence-electron chi connectivity index (χ1n) is 20.2. The molecule has 1 aliphatic carbocycles. The van der Waals surface area contributed by atoms with E-state index in [1.54, 1.807) is 0 Å². The smallest absolute Gasteiger partial charge is 0.308 e. The molecular weight excluding hydrogens is 683 g/mol. The van der Waals surface area contributed by atoms with E-state index in [9.17, 15) is 14.7 Å². The maximum absolute atomic E-state index is 12.6. The first-order chi connectivity index (χ1) is 25.7. The molecule has 0 aliphatic heterocycles. The number of rotatable bonds is 15. The summed E-state index contributed by atoms with van der Waals surface area (Å²) in [5.41, 5.74) is 7.86. The Morgan fingerprint density at radius 2 is 1.35 bits per heavy atom. The highest BCUT2D eigenvalue weighted by Crippen LogP contribution is 2.44. The highest BCUT2D eigenvalue weighted by atomic mass is 16.5. The van der Waals surface area contributed by atoms with Crippen molar-refractivity contribution in [3.63, 3.8) is 0 Å². The van der Waals surface area contributed by atoms with E-state index < -0.39 is 16.9 Å². The summed E-state index contributed by atoms with van der Waals surface area (Å²) in [5.74, 6) is 1.11. The van der Waals surface area contributed by atoms with Gasteiger partial charge in [0.2, 0.25) is 0 Å². The van der Waals surface area contributed by atoms with Crippen molar-refractivity contribution in [2.45, 2.75) is 145 Å². The third-order valence-corrected chi connectivity index (χ3v) is 11.1. The number of fused-ring (bicyclic) bond motifs is 2. The van der Waals surface area contributed by atoms with Crippen molar-refractivity contribution in [3.8, 4) is 11.5 Å². The van der Waals surface area contributed by atoms with E-state index in [1.807, 2.05) is 26.2 Å². The van der Waals surface area contributed by atoms with Gasteiger partial charge in [-0.3, -0.25) is 9.59 Å². The van der Waals surface area contributed by atoms with E-state index in [4.69, 9.17) is 9.47 Å². The van der Waals surface area contributed by atoms with Gasteiger partial charge in [0.25, 0.3) is 0 Å². The lowest BCUT2D eigenvalue weighted by Gasteiger charge is -2.31. The van der Waals surface area contributed by atoms with Crippen LogP contribution >= 0.6 is 0 Å². The number of aliphatic hydroxyl groups is 1. The van der Waals surface area contributed by atoms with E-state index in [1.165, 1.54) is 25.0 Å². The van der Waals surface area contributed by atoms with Gasteiger partial charge in [0.1, 0.15) is 11.5 Å². The number of hydrogen-bond acceptors (Lipinski definition) is 6. The predicted octanol–water partition coefficient (Wildman–Crippen LogP) is 10.1. The van der Waals surface area contributed by atoms with Crippen molar-refractivity contribution >= 4 is 34.9 Å². The Morgan fingerprint density at radius 1 is 0.800 bits per heavy atom. The lowest BCUT2D eigenvalue weighted by Crippen LogP contribution is -2.38. The summed E-state index contributed by atoms with van der Waals surface area (Å²) >= 11 is 0. The van der Waals surface area contributed by atoms with Gasteiger partial charge in [-0.25, -0.2) is 0 Å². The largest absolute Gasteiger partial charge is 0.426 e. The fourth-order valence-electron chi connectivity index (χ4n) is 9.09. The molecule has 0 heterocycles. The predicted molar refractivity (Wildman–Crippen MR) is 229 cm³/mol. The van der Waals surface area contributed by atoms with Crippen LogP contribution in [0.4, 0.5) is 0 Å². The van der Waals surface area contributed by atoms with E-state index >= 15 is 0 Å². The van der Waals surface area contributed by atoms with Crippen LogP contribution < -0.4 is 19.9 Å². The van der Waals surface area contributed by atoms with E-state index in [-0.39, 0.29) is 11.9 Å². The summed E-state index contributed by atoms with van der Waals surface area (Å²) in [4.78, 5) is 27.1. The molecule has 0 aromatic heterocycles. The molecule has 3 aromatic rings. The van der Waals surface area contributed by atoms with Gasteiger partial charge in [-0.1, -0.05) is 102 Å². The number of aliphatic hydroxyl groups excluding tert-OH is 1. The van der Waals surface area contributed by atoms with Gasteiger partial charge in [0, 0.05) is 66.2 Å². The monoisotopic (exact) mass is 750 g/mol. The lowest BCUT2D eigenvalue weighted by molar-refractivity contribution is -0.132. The van der Waals surface area contributed by atoms with Crippen molar-refractivity contribution < 1.29 is 24.2 Å². The zero-order valence-electron chi connectivity index (χ0n) is 36.3. The molecule has 1 aliphatic rings. The first-order valence-corrected chi connectivity index (χ1v) is 20.2. The normalized spacial score (nSPS) is 14.3. The van der Waals surface area contributed by atoms with Crippen molar-refractivity contribution in [3.05, 3.63) is 91.5 Å². The van der Waals surface area contributed by atoms with Crippen LogP contribution in [0.3, 0.4) is 0 Å². The number of nitrogens with zero attached hydrogens (tertiary/aromatic N) is 1. The van der Waals surface area contributed by atoms with E-state index in [0.717, 1.165) is 93.2 Å². The zero-order valence-corrected chi connectivity index (χ0v) is 36.3. The first kappa shape index (κ1) is 43.6. The Balaban J connectivity index is 1.76. The van der Waals surface area contributed by atoms with Crippen LogP contribution in [0.25, 0.3) is 22.9 Å². The maximum Gasteiger partial charge on any atom is 0.308 e. The van der Waals surface area contributed by atoms with Gasteiger partial charge < -0.3 is 19.5 Å². The number of aryl methyl sites for hydroxylation is 1. The zero-order chi connectivity index (χ0) is 41.0. The average molecular weight is 750 g/mol. The molecule has 298 valence electrons. The third kappa shape index (κ3) is 9.99. The Morgan fingerprint density at radius 3 is 1.93 bits per heavy atom. The number of carbonyl (C=O) groups excluding carboxylic acids is 2. The maximum atomic E-state index is 12.6. The second-order valence-electron chi connectivity index (χ2n) is 17.6. The molecule has 0 radical (unpaired) electrons. The summed E-state index contributed by atoms with van der Waals surface area (Å²) < 4.78 is 12.1. The van der Waals surface area contributed by atoms with Crippen LogP contribution in [0.1, 0.15) is 147 Å². The molecule has 0 saturated heterocycles. The molecule has 1 atom stereocenters. The molecule has 0 bridgehead atoms. The van der Waals surface area contributed by atoms with Crippen LogP contribution in [-0.2, 0) is 26.8 Å². The number of hydrogen-bond donors (Lipinski definition) is 1. The van der Waals surface area contributed by atoms with Gasteiger partial charge in [-0.05, 0) is 105 Å². The third-order valence-electron chi connectivity index (χ3n) is 11.1. The van der Waals surface area contributed by atoms with Gasteiger partial charge >= 0.3 is 11.9 Å². The number of ether oxygens (including phenoxy) is 2. The molecule has 0 fully saturated rings. The molecule has 0 amide bonds. The molecule has 4 rings (SSSR count). The van der Waals surface area contributed by atoms with Crippen molar-refractivity contribution in [2.75, 3.05) is 14.1 Å². The molecular formula is C49H67NO5. The van der Waals surface area contributed by atoms with Gasteiger partial charge in [0.05, 0.1) is 6.10 Å². The van der Waals surface area contributed by atoms with Crippen LogP contribution in [0.2, 0.25) is 0 Å². The number of esters is 2. The van der Waals surface area contributed by atoms with Gasteiger partial charge in [0.15, 0.2) is 0 Å². The minimum Gasteiger partial charge on any atom is -0.426 e. The second kappa shape index (κ2) is 17.7. The van der Waals surface area contributed by atoms with E-state index in [0.29, 0.717) is 23.8 Å². The lowest BCUT2D eigenvalue weighted by atomic mass is 9.75. The van der Waals surface area contributed by atoms with Gasteiger partial charge in [-0.15, -0.1) is 0 Å². The fraction of sp³-hybridized carbons (Fsp3) is 0.510. The minimum absolute atomic E-state index is 0.335. The van der Waals surface area contributed by atoms with Crippen LogP contribution in [0.5, 0.6) is 11.5 Å². The molecule has 6 nitrogen and oxygen atoms in total. The minimum atomic E-state index is -0.684. The molecule has 55 heavy (non-hydrogen) atoms. The van der Waals surface area contributed by atoms with Crippen molar-refractivity contribution in [1.29, 1.82) is 0 Å². The summed E-state index contributed by atoms with van der Waals surface area (Å²) in [5, 5.41) is 16.1. The summed E-state index contributed by atoms with van der Waals surface area (Å²) in [7, 11) is 4.08. The number of carbonyl (C=O) groups is 2. The Bertz CT molecular complexity index is 2110. The summed E-state index contributed by atoms with van der Waals surface area (Å²) in [6.07, 6.45) is 14.1. The topological polar surface area (TPSA) is 76.1 Å². The van der Waals surface area contributed by atoms with Crippen LogP contribution in [0.15, 0.2) is 47.7 Å². The second-order valence-corrected chi connectivity index (χ2v) is 17.6. The Labute approximate surface area is 331 Å². The molecule has 0 saturated carbocycles. The van der Waals surface area contributed by atoms with Crippen molar-refractivity contribution in [1.82, 2.24) is 4.90 Å². The Kier molecular flexibility index (Phi) is 14.1.